The largest absolute Gasteiger partial charge is 0.475 e. The molecule has 0 aromatic carbocycles. The summed E-state index contributed by atoms with van der Waals surface area (Å²) in [5.74, 6) is 1.54. The molecule has 0 fully saturated rings. The van der Waals surface area contributed by atoms with Crippen LogP contribution in [0.3, 0.4) is 0 Å². The Hall–Kier alpha value is -1.35. The Morgan fingerprint density at radius 1 is 1.42 bits per heavy atom. The Morgan fingerprint density at radius 2 is 2.17 bits per heavy atom. The number of halogens is 4. The zero-order valence-electron chi connectivity index (χ0n) is 13.4. The van der Waals surface area contributed by atoms with Gasteiger partial charge in [0, 0.05) is 18.5 Å². The van der Waals surface area contributed by atoms with E-state index in [2.05, 4.69) is 20.6 Å². The van der Waals surface area contributed by atoms with Crippen molar-refractivity contribution in [3.05, 3.63) is 22.8 Å². The summed E-state index contributed by atoms with van der Waals surface area (Å²) in [6, 6.07) is 0.797. The Labute approximate surface area is 148 Å². The first kappa shape index (κ1) is 20.7. The number of pyridine rings is 1. The van der Waals surface area contributed by atoms with Gasteiger partial charge in [-0.1, -0.05) is 11.6 Å². The van der Waals surface area contributed by atoms with E-state index in [0.29, 0.717) is 25.2 Å². The number of alkyl halides is 3. The quantitative estimate of drug-likeness (QED) is 0.410. The molecule has 0 atom stereocenters. The molecule has 0 aliphatic heterocycles. The molecular formula is C14H20ClF3N4OS. The first-order chi connectivity index (χ1) is 11.4. The van der Waals surface area contributed by atoms with E-state index < -0.39 is 11.7 Å². The predicted octanol–water partition coefficient (Wildman–Crippen LogP) is 3.05. The maximum absolute atomic E-state index is 12.5. The van der Waals surface area contributed by atoms with Crippen LogP contribution in [0.2, 0.25) is 5.02 Å². The standard InChI is InChI=1S/C14H20ClF3N4OS/c1-3-19-13(21-5-7-24-2)20-4-6-23-12-11(15)8-10(9-22-12)14(16,17)18/h8-9H,3-7H2,1-2H3,(H2,19,20,21). The highest BCUT2D eigenvalue weighted by molar-refractivity contribution is 7.98. The fourth-order valence-electron chi connectivity index (χ4n) is 1.59. The van der Waals surface area contributed by atoms with E-state index in [1.54, 1.807) is 11.8 Å². The summed E-state index contributed by atoms with van der Waals surface area (Å²) in [6.45, 7) is 3.95. The van der Waals surface area contributed by atoms with E-state index in [9.17, 15) is 13.2 Å². The summed E-state index contributed by atoms with van der Waals surface area (Å²) in [6.07, 6.45) is -1.78. The Morgan fingerprint density at radius 3 is 2.75 bits per heavy atom. The van der Waals surface area contributed by atoms with Crippen LogP contribution in [0.1, 0.15) is 12.5 Å². The van der Waals surface area contributed by atoms with Crippen LogP contribution in [0.15, 0.2) is 17.3 Å². The molecule has 5 nitrogen and oxygen atoms in total. The van der Waals surface area contributed by atoms with Crippen molar-refractivity contribution >= 4 is 29.3 Å². The van der Waals surface area contributed by atoms with Crippen LogP contribution in [0.25, 0.3) is 0 Å². The van der Waals surface area contributed by atoms with Gasteiger partial charge < -0.3 is 15.4 Å². The van der Waals surface area contributed by atoms with Crippen molar-refractivity contribution in [3.63, 3.8) is 0 Å². The molecule has 2 N–H and O–H groups in total. The van der Waals surface area contributed by atoms with Gasteiger partial charge in [0.05, 0.1) is 18.7 Å². The van der Waals surface area contributed by atoms with Crippen LogP contribution < -0.4 is 15.4 Å². The second kappa shape index (κ2) is 10.5. The minimum atomic E-state index is -4.48. The number of nitrogens with one attached hydrogen (secondary N) is 2. The normalized spacial score (nSPS) is 12.2. The number of aromatic nitrogens is 1. The molecule has 1 aromatic rings. The lowest BCUT2D eigenvalue weighted by atomic mass is 10.3. The van der Waals surface area contributed by atoms with Crippen molar-refractivity contribution in [2.24, 2.45) is 4.99 Å². The molecule has 1 rings (SSSR count). The van der Waals surface area contributed by atoms with Crippen molar-refractivity contribution in [2.45, 2.75) is 13.1 Å². The first-order valence-electron chi connectivity index (χ1n) is 7.25. The summed E-state index contributed by atoms with van der Waals surface area (Å²) < 4.78 is 42.9. The van der Waals surface area contributed by atoms with Gasteiger partial charge in [-0.2, -0.15) is 24.9 Å². The van der Waals surface area contributed by atoms with Crippen LogP contribution in [0.5, 0.6) is 5.88 Å². The minimum absolute atomic E-state index is 0.0317. The molecule has 0 aliphatic rings. The lowest BCUT2D eigenvalue weighted by molar-refractivity contribution is -0.137. The molecule has 0 saturated carbocycles. The van der Waals surface area contributed by atoms with Gasteiger partial charge in [0.1, 0.15) is 11.6 Å². The van der Waals surface area contributed by atoms with E-state index in [4.69, 9.17) is 16.3 Å². The number of guanidine groups is 1. The molecular weight excluding hydrogens is 365 g/mol. The summed E-state index contributed by atoms with van der Waals surface area (Å²) in [7, 11) is 0. The van der Waals surface area contributed by atoms with Crippen LogP contribution in [0, 0.1) is 0 Å². The van der Waals surface area contributed by atoms with E-state index in [-0.39, 0.29) is 17.5 Å². The fraction of sp³-hybridized carbons (Fsp3) is 0.571. The van der Waals surface area contributed by atoms with Gasteiger partial charge in [0.25, 0.3) is 0 Å². The third-order valence-corrected chi connectivity index (χ3v) is 3.54. The smallest absolute Gasteiger partial charge is 0.417 e. The van der Waals surface area contributed by atoms with Gasteiger partial charge in [-0.05, 0) is 19.2 Å². The zero-order chi connectivity index (χ0) is 18.0. The molecule has 0 unspecified atom stereocenters. The lowest BCUT2D eigenvalue weighted by Gasteiger charge is -2.13. The molecule has 1 heterocycles. The molecule has 0 aliphatic carbocycles. The molecule has 0 spiro atoms. The molecule has 1 aromatic heterocycles. The summed E-state index contributed by atoms with van der Waals surface area (Å²) in [4.78, 5) is 7.96. The number of hydrogen-bond acceptors (Lipinski definition) is 4. The second-order valence-electron chi connectivity index (χ2n) is 4.54. The third-order valence-electron chi connectivity index (χ3n) is 2.68. The highest BCUT2D eigenvalue weighted by Crippen LogP contribution is 2.32. The Balaban J connectivity index is 2.47. The first-order valence-corrected chi connectivity index (χ1v) is 9.02. The Kier molecular flexibility index (Phi) is 9.05. The molecule has 136 valence electrons. The number of aliphatic imine (C=N–C) groups is 1. The zero-order valence-corrected chi connectivity index (χ0v) is 15.0. The van der Waals surface area contributed by atoms with E-state index in [0.717, 1.165) is 18.4 Å². The monoisotopic (exact) mass is 384 g/mol. The highest BCUT2D eigenvalue weighted by Gasteiger charge is 2.31. The average molecular weight is 385 g/mol. The SMILES string of the molecule is CCNC(=NCCSC)NCCOc1ncc(C(F)(F)F)cc1Cl. The molecule has 0 amide bonds. The number of rotatable bonds is 8. The molecule has 0 saturated heterocycles. The average Bonchev–Trinajstić information content (AvgIpc) is 2.51. The molecule has 0 bridgehead atoms. The second-order valence-corrected chi connectivity index (χ2v) is 5.93. The van der Waals surface area contributed by atoms with Gasteiger partial charge in [-0.25, -0.2) is 4.98 Å². The molecule has 0 radical (unpaired) electrons. The summed E-state index contributed by atoms with van der Waals surface area (Å²) >= 11 is 7.47. The van der Waals surface area contributed by atoms with Crippen molar-refractivity contribution in [3.8, 4) is 5.88 Å². The molecule has 24 heavy (non-hydrogen) atoms. The van der Waals surface area contributed by atoms with Crippen molar-refractivity contribution in [1.82, 2.24) is 15.6 Å². The van der Waals surface area contributed by atoms with Crippen LogP contribution in [-0.2, 0) is 6.18 Å². The van der Waals surface area contributed by atoms with Crippen molar-refractivity contribution in [1.29, 1.82) is 0 Å². The van der Waals surface area contributed by atoms with Gasteiger partial charge >= 0.3 is 6.18 Å². The third kappa shape index (κ3) is 7.48. The van der Waals surface area contributed by atoms with Crippen LogP contribution >= 0.6 is 23.4 Å². The van der Waals surface area contributed by atoms with Crippen LogP contribution in [-0.4, -0.2) is 49.2 Å². The fourth-order valence-corrected chi connectivity index (χ4v) is 2.09. The Bertz CT molecular complexity index is 543. The number of nitrogens with zero attached hydrogens (tertiary/aromatic N) is 2. The van der Waals surface area contributed by atoms with Crippen molar-refractivity contribution < 1.29 is 17.9 Å². The number of thioether (sulfide) groups is 1. The predicted molar refractivity (Wildman–Crippen MR) is 92.1 cm³/mol. The van der Waals surface area contributed by atoms with Gasteiger partial charge in [0.2, 0.25) is 5.88 Å². The molecule has 10 heteroatoms. The number of hydrogen-bond donors (Lipinski definition) is 2. The minimum Gasteiger partial charge on any atom is -0.475 e. The van der Waals surface area contributed by atoms with E-state index in [1.165, 1.54) is 0 Å². The summed E-state index contributed by atoms with van der Waals surface area (Å²) in [5.41, 5.74) is -0.909. The maximum atomic E-state index is 12.5. The summed E-state index contributed by atoms with van der Waals surface area (Å²) in [5, 5.41) is 5.97. The van der Waals surface area contributed by atoms with Crippen molar-refractivity contribution in [2.75, 3.05) is 38.2 Å². The topological polar surface area (TPSA) is 58.5 Å². The maximum Gasteiger partial charge on any atom is 0.417 e. The van der Waals surface area contributed by atoms with Gasteiger partial charge in [0.15, 0.2) is 5.96 Å². The number of ether oxygens (including phenoxy) is 1. The highest BCUT2D eigenvalue weighted by atomic mass is 35.5. The van der Waals surface area contributed by atoms with Crippen LogP contribution in [0.4, 0.5) is 13.2 Å². The van der Waals surface area contributed by atoms with Gasteiger partial charge in [-0.15, -0.1) is 0 Å². The lowest BCUT2D eigenvalue weighted by Crippen LogP contribution is -2.39. The van der Waals surface area contributed by atoms with Gasteiger partial charge in [-0.3, -0.25) is 4.99 Å². The van der Waals surface area contributed by atoms with E-state index >= 15 is 0 Å². The van der Waals surface area contributed by atoms with E-state index in [1.807, 2.05) is 13.2 Å².